The maximum Gasteiger partial charge on any atom is 0.214 e. The van der Waals surface area contributed by atoms with Gasteiger partial charge in [-0.1, -0.05) is 24.3 Å². The van der Waals surface area contributed by atoms with Crippen molar-refractivity contribution in [1.82, 2.24) is 19.1 Å². The van der Waals surface area contributed by atoms with Crippen molar-refractivity contribution >= 4 is 10.8 Å². The summed E-state index contributed by atoms with van der Waals surface area (Å²) in [5.74, 6) is 1.47. The van der Waals surface area contributed by atoms with E-state index in [9.17, 15) is 4.21 Å². The summed E-state index contributed by atoms with van der Waals surface area (Å²) in [6.07, 6.45) is 7.34. The van der Waals surface area contributed by atoms with Crippen molar-refractivity contribution < 1.29 is 8.95 Å². The zero-order valence-electron chi connectivity index (χ0n) is 14.7. The molecular weight excluding hydrogens is 360 g/mol. The first kappa shape index (κ1) is 17.2. The molecule has 3 heterocycles. The number of hydrogen-bond acceptors (Lipinski definition) is 4. The van der Waals surface area contributed by atoms with E-state index in [1.165, 1.54) is 0 Å². The van der Waals surface area contributed by atoms with Crippen molar-refractivity contribution in [3.05, 3.63) is 84.9 Å². The quantitative estimate of drug-likeness (QED) is 0.516. The lowest BCUT2D eigenvalue weighted by Crippen LogP contribution is -2.08. The van der Waals surface area contributed by atoms with E-state index in [0.29, 0.717) is 22.6 Å². The molecule has 1 unspecified atom stereocenters. The average Bonchev–Trinajstić information content (AvgIpc) is 3.40. The fourth-order valence-electron chi connectivity index (χ4n) is 2.87. The topological polar surface area (TPSA) is 61.9 Å². The largest absolute Gasteiger partial charge is 0.481 e. The first-order valence-electron chi connectivity index (χ1n) is 8.40. The van der Waals surface area contributed by atoms with Crippen LogP contribution in [-0.4, -0.2) is 30.4 Å². The van der Waals surface area contributed by atoms with Crippen LogP contribution >= 0.6 is 0 Å². The van der Waals surface area contributed by atoms with E-state index in [-0.39, 0.29) is 0 Å². The second-order valence-electron chi connectivity index (χ2n) is 5.83. The number of para-hydroxylation sites is 1. The standard InChI is InChI=1S/C20H18N4O2S/c1-26-19-10-6-9-18(22-19)24-14-11-21-20(24)27(25)15-16-7-2-3-8-17(16)23-12-4-5-13-23/h2-14H,15H2,1H3. The van der Waals surface area contributed by atoms with Crippen LogP contribution < -0.4 is 4.74 Å². The Morgan fingerprint density at radius 3 is 2.63 bits per heavy atom. The Hall–Kier alpha value is -3.19. The maximum atomic E-state index is 13.1. The molecule has 0 saturated carbocycles. The summed E-state index contributed by atoms with van der Waals surface area (Å²) in [5, 5.41) is 0.457. The lowest BCUT2D eigenvalue weighted by Gasteiger charge is -2.11. The molecule has 1 aromatic carbocycles. The maximum absolute atomic E-state index is 13.1. The lowest BCUT2D eigenvalue weighted by atomic mass is 10.2. The number of rotatable bonds is 6. The Kier molecular flexibility index (Phi) is 4.84. The van der Waals surface area contributed by atoms with Gasteiger partial charge < -0.3 is 9.30 Å². The van der Waals surface area contributed by atoms with Crippen LogP contribution in [-0.2, 0) is 16.6 Å². The van der Waals surface area contributed by atoms with Gasteiger partial charge in [-0.3, -0.25) is 8.78 Å². The molecule has 0 aliphatic carbocycles. The van der Waals surface area contributed by atoms with Crippen LogP contribution in [0.3, 0.4) is 0 Å². The molecule has 4 aromatic rings. The summed E-state index contributed by atoms with van der Waals surface area (Å²) in [6, 6.07) is 17.3. The van der Waals surface area contributed by atoms with Gasteiger partial charge in [0.05, 0.1) is 23.7 Å². The molecule has 0 aliphatic rings. The fraction of sp³-hybridized carbons (Fsp3) is 0.100. The van der Waals surface area contributed by atoms with Gasteiger partial charge in [0, 0.05) is 36.5 Å². The van der Waals surface area contributed by atoms with Crippen molar-refractivity contribution in [2.24, 2.45) is 0 Å². The van der Waals surface area contributed by atoms with Gasteiger partial charge in [0.25, 0.3) is 0 Å². The Labute approximate surface area is 159 Å². The minimum Gasteiger partial charge on any atom is -0.481 e. The Morgan fingerprint density at radius 1 is 1.00 bits per heavy atom. The molecule has 136 valence electrons. The van der Waals surface area contributed by atoms with Gasteiger partial charge in [-0.25, -0.2) is 4.98 Å². The fourth-order valence-corrected chi connectivity index (χ4v) is 4.08. The summed E-state index contributed by atoms with van der Waals surface area (Å²) in [5.41, 5.74) is 1.99. The molecule has 0 bridgehead atoms. The molecule has 7 heteroatoms. The Morgan fingerprint density at radius 2 is 1.81 bits per heavy atom. The lowest BCUT2D eigenvalue weighted by molar-refractivity contribution is 0.397. The minimum absolute atomic E-state index is 0.356. The number of pyridine rings is 1. The number of aromatic nitrogens is 4. The highest BCUT2D eigenvalue weighted by atomic mass is 32.2. The van der Waals surface area contributed by atoms with Crippen molar-refractivity contribution in [2.45, 2.75) is 10.9 Å². The van der Waals surface area contributed by atoms with E-state index in [1.807, 2.05) is 65.5 Å². The van der Waals surface area contributed by atoms with E-state index >= 15 is 0 Å². The molecule has 0 radical (unpaired) electrons. The highest BCUT2D eigenvalue weighted by Crippen LogP contribution is 2.21. The summed E-state index contributed by atoms with van der Waals surface area (Å²) >= 11 is 0. The number of nitrogens with zero attached hydrogens (tertiary/aromatic N) is 4. The van der Waals surface area contributed by atoms with Crippen LogP contribution in [0.2, 0.25) is 0 Å². The molecule has 27 heavy (non-hydrogen) atoms. The monoisotopic (exact) mass is 378 g/mol. The van der Waals surface area contributed by atoms with Crippen LogP contribution in [0.25, 0.3) is 11.5 Å². The molecule has 1 atom stereocenters. The first-order valence-corrected chi connectivity index (χ1v) is 9.72. The number of ether oxygens (including phenoxy) is 1. The van der Waals surface area contributed by atoms with Gasteiger partial charge >= 0.3 is 0 Å². The summed E-state index contributed by atoms with van der Waals surface area (Å²) < 4.78 is 22.0. The third-order valence-electron chi connectivity index (χ3n) is 4.14. The Bertz CT molecular complexity index is 1070. The van der Waals surface area contributed by atoms with Crippen LogP contribution in [0.15, 0.2) is 84.5 Å². The molecule has 0 spiro atoms. The van der Waals surface area contributed by atoms with Crippen molar-refractivity contribution in [3.63, 3.8) is 0 Å². The van der Waals surface area contributed by atoms with E-state index in [1.54, 1.807) is 30.1 Å². The molecule has 6 nitrogen and oxygen atoms in total. The molecule has 0 fully saturated rings. The molecule has 4 rings (SSSR count). The van der Waals surface area contributed by atoms with E-state index in [2.05, 4.69) is 9.97 Å². The molecule has 3 aromatic heterocycles. The number of hydrogen-bond donors (Lipinski definition) is 0. The van der Waals surface area contributed by atoms with Gasteiger partial charge in [-0.15, -0.1) is 0 Å². The van der Waals surface area contributed by atoms with Gasteiger partial charge in [-0.2, -0.15) is 4.98 Å². The van der Waals surface area contributed by atoms with Gasteiger partial charge in [0.1, 0.15) is 5.82 Å². The SMILES string of the molecule is COc1cccc(-n2ccnc2S(=O)Cc2ccccc2-n2cccc2)n1. The van der Waals surface area contributed by atoms with Crippen LogP contribution in [0.4, 0.5) is 0 Å². The van der Waals surface area contributed by atoms with E-state index in [4.69, 9.17) is 4.74 Å². The van der Waals surface area contributed by atoms with Crippen molar-refractivity contribution in [2.75, 3.05) is 7.11 Å². The van der Waals surface area contributed by atoms with Crippen LogP contribution in [0.1, 0.15) is 5.56 Å². The van der Waals surface area contributed by atoms with E-state index in [0.717, 1.165) is 11.3 Å². The molecule has 0 aliphatic heterocycles. The second-order valence-corrected chi connectivity index (χ2v) is 7.17. The van der Waals surface area contributed by atoms with E-state index < -0.39 is 10.8 Å². The molecular formula is C20H18N4O2S. The predicted molar refractivity (Wildman–Crippen MR) is 104 cm³/mol. The number of imidazole rings is 1. The molecule has 0 saturated heterocycles. The molecule has 0 N–H and O–H groups in total. The normalized spacial score (nSPS) is 12.0. The summed E-state index contributed by atoms with van der Waals surface area (Å²) in [7, 11) is 0.229. The highest BCUT2D eigenvalue weighted by molar-refractivity contribution is 7.84. The first-order chi connectivity index (χ1) is 13.3. The van der Waals surface area contributed by atoms with Gasteiger partial charge in [0.15, 0.2) is 0 Å². The highest BCUT2D eigenvalue weighted by Gasteiger charge is 2.16. The van der Waals surface area contributed by atoms with Crippen LogP contribution in [0.5, 0.6) is 5.88 Å². The minimum atomic E-state index is -1.34. The summed E-state index contributed by atoms with van der Waals surface area (Å²) in [4.78, 5) is 8.72. The number of methoxy groups -OCH3 is 1. The van der Waals surface area contributed by atoms with Gasteiger partial charge in [-0.05, 0) is 29.8 Å². The summed E-state index contributed by atoms with van der Waals surface area (Å²) in [6.45, 7) is 0. The third kappa shape index (κ3) is 3.54. The molecule has 0 amide bonds. The predicted octanol–water partition coefficient (Wildman–Crippen LogP) is 3.37. The van der Waals surface area contributed by atoms with Gasteiger partial charge in [0.2, 0.25) is 11.0 Å². The average molecular weight is 378 g/mol. The zero-order valence-corrected chi connectivity index (χ0v) is 15.5. The van der Waals surface area contributed by atoms with Crippen LogP contribution in [0, 0.1) is 0 Å². The Balaban J connectivity index is 1.65. The third-order valence-corrected chi connectivity index (χ3v) is 5.42. The van der Waals surface area contributed by atoms with Crippen molar-refractivity contribution in [3.8, 4) is 17.4 Å². The number of benzene rings is 1. The van der Waals surface area contributed by atoms with Crippen molar-refractivity contribution in [1.29, 1.82) is 0 Å². The second kappa shape index (κ2) is 7.59. The zero-order chi connectivity index (χ0) is 18.6. The smallest absolute Gasteiger partial charge is 0.214 e.